The van der Waals surface area contributed by atoms with Crippen molar-refractivity contribution in [3.63, 3.8) is 0 Å². The lowest BCUT2D eigenvalue weighted by molar-refractivity contribution is 0.487. The molecule has 0 saturated carbocycles. The average molecular weight is 312 g/mol. The van der Waals surface area contributed by atoms with Crippen molar-refractivity contribution < 1.29 is 8.42 Å². The Kier molecular flexibility index (Phi) is 3.32. The normalized spacial score (nSPS) is 15.1. The molecule has 106 valence electrons. The maximum atomic E-state index is 11.4. The molecule has 0 radical (unpaired) electrons. The lowest BCUT2D eigenvalue weighted by atomic mass is 10.0. The quantitative estimate of drug-likeness (QED) is 0.923. The zero-order chi connectivity index (χ0) is 14.3. The van der Waals surface area contributed by atoms with Crippen LogP contribution in [-0.4, -0.2) is 18.2 Å². The second-order valence-electron chi connectivity index (χ2n) is 4.88. The van der Waals surface area contributed by atoms with Crippen LogP contribution in [0.15, 0.2) is 29.3 Å². The molecule has 1 aliphatic rings. The van der Waals surface area contributed by atoms with Gasteiger partial charge in [0.15, 0.2) is 0 Å². The second kappa shape index (κ2) is 4.87. The fourth-order valence-corrected chi connectivity index (χ4v) is 3.65. The second-order valence-corrected chi connectivity index (χ2v) is 6.81. The number of nitrogens with two attached hydrogens (primary N) is 1. The summed E-state index contributed by atoms with van der Waals surface area (Å²) in [6, 6.07) is 4.80. The van der Waals surface area contributed by atoms with Crippen LogP contribution in [0.1, 0.15) is 18.5 Å². The first-order valence-electron chi connectivity index (χ1n) is 6.34. The first-order valence-corrected chi connectivity index (χ1v) is 8.26. The largest absolute Gasteiger partial charge is 0.269 e. The molecule has 20 heavy (non-hydrogen) atoms. The number of benzene rings is 1. The summed E-state index contributed by atoms with van der Waals surface area (Å²) in [5.74, 6) is 0. The van der Waals surface area contributed by atoms with Gasteiger partial charge in [-0.25, -0.2) is 13.6 Å². The molecule has 2 N–H and O–H groups in total. The van der Waals surface area contributed by atoms with Gasteiger partial charge in [-0.15, -0.1) is 0 Å². The number of hydrogen-bond acceptors (Lipinski definition) is 3. The highest BCUT2D eigenvalue weighted by atomic mass is 35.5. The number of sulfonamides is 1. The van der Waals surface area contributed by atoms with Gasteiger partial charge >= 0.3 is 0 Å². The SMILES string of the molecule is NS(=O)(=O)c1ccc(-c2cnn3c2CCCC3)cc1Cl. The number of fused-ring (bicyclic) bond motifs is 1. The molecule has 0 unspecified atom stereocenters. The van der Waals surface area contributed by atoms with Gasteiger partial charge in [-0.2, -0.15) is 5.10 Å². The van der Waals surface area contributed by atoms with Gasteiger partial charge in [0.25, 0.3) is 0 Å². The Hall–Kier alpha value is -1.37. The molecular formula is C13H14ClN3O2S. The van der Waals surface area contributed by atoms with Crippen LogP contribution in [0.2, 0.25) is 5.02 Å². The average Bonchev–Trinajstić information content (AvgIpc) is 2.80. The summed E-state index contributed by atoms with van der Waals surface area (Å²) < 4.78 is 24.7. The number of hydrogen-bond donors (Lipinski definition) is 1. The summed E-state index contributed by atoms with van der Waals surface area (Å²) in [6.45, 7) is 0.929. The topological polar surface area (TPSA) is 78.0 Å². The fourth-order valence-electron chi connectivity index (χ4n) is 2.56. The van der Waals surface area contributed by atoms with Gasteiger partial charge in [-0.1, -0.05) is 17.7 Å². The van der Waals surface area contributed by atoms with Gasteiger partial charge in [0, 0.05) is 17.8 Å². The van der Waals surface area contributed by atoms with Gasteiger partial charge in [-0.05, 0) is 37.0 Å². The number of halogens is 1. The van der Waals surface area contributed by atoms with Crippen molar-refractivity contribution in [2.45, 2.75) is 30.7 Å². The summed E-state index contributed by atoms with van der Waals surface area (Å²) in [6.07, 6.45) is 5.06. The smallest absolute Gasteiger partial charge is 0.239 e. The van der Waals surface area contributed by atoms with Crippen LogP contribution in [0.25, 0.3) is 11.1 Å². The van der Waals surface area contributed by atoms with Gasteiger partial charge in [0.1, 0.15) is 4.90 Å². The number of nitrogens with zero attached hydrogens (tertiary/aromatic N) is 2. The van der Waals surface area contributed by atoms with E-state index in [4.69, 9.17) is 16.7 Å². The maximum Gasteiger partial charge on any atom is 0.239 e. The number of primary sulfonamides is 1. The maximum absolute atomic E-state index is 11.4. The van der Waals surface area contributed by atoms with Crippen LogP contribution < -0.4 is 5.14 Å². The lowest BCUT2D eigenvalue weighted by Gasteiger charge is -2.15. The summed E-state index contributed by atoms with van der Waals surface area (Å²) in [5.41, 5.74) is 3.05. The van der Waals surface area contributed by atoms with Crippen LogP contribution in [0.4, 0.5) is 0 Å². The first-order chi connectivity index (χ1) is 9.47. The van der Waals surface area contributed by atoms with Crippen molar-refractivity contribution in [2.24, 2.45) is 5.14 Å². The molecule has 0 spiro atoms. The van der Waals surface area contributed by atoms with Crippen LogP contribution in [0.3, 0.4) is 0 Å². The van der Waals surface area contributed by atoms with E-state index in [1.54, 1.807) is 12.1 Å². The third-order valence-electron chi connectivity index (χ3n) is 3.53. The van der Waals surface area contributed by atoms with E-state index in [2.05, 4.69) is 5.10 Å². The van der Waals surface area contributed by atoms with Crippen LogP contribution in [0.5, 0.6) is 0 Å². The van der Waals surface area contributed by atoms with Crippen molar-refractivity contribution in [3.05, 3.63) is 35.1 Å². The first kappa shape index (κ1) is 13.6. The lowest BCUT2D eigenvalue weighted by Crippen LogP contribution is -2.13. The molecule has 2 heterocycles. The predicted octanol–water partition coefficient (Wildman–Crippen LogP) is 2.19. The highest BCUT2D eigenvalue weighted by molar-refractivity contribution is 7.89. The van der Waals surface area contributed by atoms with Gasteiger partial charge < -0.3 is 0 Å². The molecule has 1 aromatic heterocycles. The van der Waals surface area contributed by atoms with Gasteiger partial charge in [-0.3, -0.25) is 4.68 Å². The minimum absolute atomic E-state index is 0.0519. The molecule has 3 rings (SSSR count). The van der Waals surface area contributed by atoms with E-state index in [-0.39, 0.29) is 9.92 Å². The molecule has 0 aliphatic carbocycles. The van der Waals surface area contributed by atoms with E-state index in [9.17, 15) is 8.42 Å². The molecule has 5 nitrogen and oxygen atoms in total. The minimum atomic E-state index is -3.79. The summed E-state index contributed by atoms with van der Waals surface area (Å²) in [4.78, 5) is -0.0519. The number of rotatable bonds is 2. The number of aromatic nitrogens is 2. The van der Waals surface area contributed by atoms with Crippen molar-refractivity contribution >= 4 is 21.6 Å². The van der Waals surface area contributed by atoms with E-state index in [1.165, 1.54) is 11.8 Å². The molecule has 1 aromatic carbocycles. The van der Waals surface area contributed by atoms with Crippen LogP contribution >= 0.6 is 11.6 Å². The van der Waals surface area contributed by atoms with Crippen LogP contribution in [-0.2, 0) is 23.0 Å². The highest BCUT2D eigenvalue weighted by Gasteiger charge is 2.18. The molecule has 0 bridgehead atoms. The molecule has 0 amide bonds. The van der Waals surface area contributed by atoms with Crippen molar-refractivity contribution in [2.75, 3.05) is 0 Å². The van der Waals surface area contributed by atoms with E-state index in [0.29, 0.717) is 0 Å². The standard InChI is InChI=1S/C13H14ClN3O2S/c14-11-7-9(4-5-13(11)20(15,18)19)10-8-16-17-6-2-1-3-12(10)17/h4-5,7-8H,1-3,6H2,(H2,15,18,19). The Labute approximate surface area is 122 Å². The van der Waals surface area contributed by atoms with Crippen molar-refractivity contribution in [1.82, 2.24) is 9.78 Å². The highest BCUT2D eigenvalue weighted by Crippen LogP contribution is 2.31. The van der Waals surface area contributed by atoms with Crippen LogP contribution in [0, 0.1) is 0 Å². The fraction of sp³-hybridized carbons (Fsp3) is 0.308. The third kappa shape index (κ3) is 2.34. The molecule has 0 saturated heterocycles. The Morgan fingerprint density at radius 3 is 2.80 bits per heavy atom. The van der Waals surface area contributed by atoms with E-state index in [0.717, 1.165) is 36.9 Å². The van der Waals surface area contributed by atoms with Crippen molar-refractivity contribution in [1.29, 1.82) is 0 Å². The zero-order valence-electron chi connectivity index (χ0n) is 10.7. The molecule has 1 aliphatic heterocycles. The molecule has 7 heteroatoms. The molecule has 0 fully saturated rings. The Morgan fingerprint density at radius 1 is 1.30 bits per heavy atom. The molecule has 2 aromatic rings. The Bertz CT molecular complexity index is 768. The Morgan fingerprint density at radius 2 is 2.10 bits per heavy atom. The van der Waals surface area contributed by atoms with E-state index < -0.39 is 10.0 Å². The summed E-state index contributed by atoms with van der Waals surface area (Å²) in [7, 11) is -3.79. The number of aryl methyl sites for hydroxylation is 1. The summed E-state index contributed by atoms with van der Waals surface area (Å²) in [5, 5.41) is 9.61. The Balaban J connectivity index is 2.08. The van der Waals surface area contributed by atoms with Crippen molar-refractivity contribution in [3.8, 4) is 11.1 Å². The zero-order valence-corrected chi connectivity index (χ0v) is 12.3. The molecular weight excluding hydrogens is 298 g/mol. The van der Waals surface area contributed by atoms with E-state index in [1.807, 2.05) is 10.9 Å². The van der Waals surface area contributed by atoms with Gasteiger partial charge in [0.2, 0.25) is 10.0 Å². The van der Waals surface area contributed by atoms with Gasteiger partial charge in [0.05, 0.1) is 11.2 Å². The minimum Gasteiger partial charge on any atom is -0.269 e. The predicted molar refractivity (Wildman–Crippen MR) is 77.0 cm³/mol. The molecule has 0 atom stereocenters. The third-order valence-corrected chi connectivity index (χ3v) is 4.93. The summed E-state index contributed by atoms with van der Waals surface area (Å²) >= 11 is 6.03. The van der Waals surface area contributed by atoms with E-state index >= 15 is 0 Å². The monoisotopic (exact) mass is 311 g/mol.